The molecule has 0 aromatic carbocycles. The Morgan fingerprint density at radius 1 is 1.58 bits per heavy atom. The highest BCUT2D eigenvalue weighted by Crippen LogP contribution is 2.21. The lowest BCUT2D eigenvalue weighted by Gasteiger charge is -2.33. The second-order valence-electron chi connectivity index (χ2n) is 5.40. The van der Waals surface area contributed by atoms with Crippen LogP contribution in [0.1, 0.15) is 32.5 Å². The van der Waals surface area contributed by atoms with Gasteiger partial charge in [0.1, 0.15) is 0 Å². The lowest BCUT2D eigenvalue weighted by molar-refractivity contribution is 0.162. The first-order valence-electron chi connectivity index (χ1n) is 7.20. The van der Waals surface area contributed by atoms with Crippen LogP contribution in [0.15, 0.2) is 6.20 Å². The van der Waals surface area contributed by atoms with E-state index >= 15 is 0 Å². The van der Waals surface area contributed by atoms with E-state index in [1.807, 2.05) is 0 Å². The normalized spacial score (nSPS) is 21.7. The molecule has 108 valence electrons. The zero-order chi connectivity index (χ0) is 13.8. The Bertz CT molecular complexity index is 404. The number of methoxy groups -OCH3 is 1. The fraction of sp³-hybridized carbons (Fsp3) is 0.786. The molecule has 1 saturated heterocycles. The summed E-state index contributed by atoms with van der Waals surface area (Å²) in [5, 5.41) is 3.47. The van der Waals surface area contributed by atoms with E-state index in [0.717, 1.165) is 37.7 Å². The third kappa shape index (κ3) is 3.28. The molecule has 2 atom stereocenters. The Balaban J connectivity index is 2.24. The van der Waals surface area contributed by atoms with Crippen molar-refractivity contribution in [1.82, 2.24) is 14.9 Å². The highest BCUT2D eigenvalue weighted by atomic mass is 16.5. The van der Waals surface area contributed by atoms with Gasteiger partial charge in [-0.2, -0.15) is 0 Å². The number of piperazine rings is 1. The maximum atomic E-state index is 5.28. The van der Waals surface area contributed by atoms with Crippen LogP contribution in [0.5, 0.6) is 0 Å². The zero-order valence-electron chi connectivity index (χ0n) is 12.5. The highest BCUT2D eigenvalue weighted by Gasteiger charge is 2.22. The number of hydrogen-bond acceptors (Lipinski definition) is 4. The summed E-state index contributed by atoms with van der Waals surface area (Å²) in [5.41, 5.74) is 1.16. The number of hydrogen-bond donors (Lipinski definition) is 1. The quantitative estimate of drug-likeness (QED) is 0.876. The van der Waals surface area contributed by atoms with Crippen LogP contribution < -0.4 is 10.2 Å². The highest BCUT2D eigenvalue weighted by molar-refractivity contribution is 5.35. The summed E-state index contributed by atoms with van der Waals surface area (Å²) in [6.07, 6.45) is 3.15. The Morgan fingerprint density at radius 2 is 2.37 bits per heavy atom. The fourth-order valence-electron chi connectivity index (χ4n) is 2.60. The number of anilines is 1. The van der Waals surface area contributed by atoms with E-state index < -0.39 is 0 Å². The minimum atomic E-state index is 0.318. The first-order valence-corrected chi connectivity index (χ1v) is 7.20. The summed E-state index contributed by atoms with van der Waals surface area (Å²) >= 11 is 0. The topological polar surface area (TPSA) is 42.3 Å². The Kier molecular flexibility index (Phi) is 4.82. The van der Waals surface area contributed by atoms with E-state index in [1.54, 1.807) is 7.11 Å². The van der Waals surface area contributed by atoms with Crippen molar-refractivity contribution in [2.24, 2.45) is 0 Å². The minimum Gasteiger partial charge on any atom is -0.383 e. The summed E-state index contributed by atoms with van der Waals surface area (Å²) in [4.78, 5) is 7.18. The maximum absolute atomic E-state index is 5.28. The number of imidazole rings is 1. The van der Waals surface area contributed by atoms with Crippen molar-refractivity contribution in [1.29, 1.82) is 0 Å². The average molecular weight is 266 g/mol. The molecular formula is C14H26N4O. The molecule has 1 aromatic rings. The second kappa shape index (κ2) is 6.39. The van der Waals surface area contributed by atoms with Gasteiger partial charge in [0, 0.05) is 39.0 Å². The van der Waals surface area contributed by atoms with Gasteiger partial charge >= 0.3 is 0 Å². The number of rotatable bonds is 5. The van der Waals surface area contributed by atoms with Crippen LogP contribution in [-0.4, -0.2) is 48.9 Å². The van der Waals surface area contributed by atoms with Gasteiger partial charge < -0.3 is 19.5 Å². The van der Waals surface area contributed by atoms with Gasteiger partial charge in [-0.25, -0.2) is 4.98 Å². The van der Waals surface area contributed by atoms with Gasteiger partial charge in [-0.1, -0.05) is 6.92 Å². The van der Waals surface area contributed by atoms with E-state index in [4.69, 9.17) is 9.72 Å². The van der Waals surface area contributed by atoms with Crippen molar-refractivity contribution in [2.45, 2.75) is 39.3 Å². The van der Waals surface area contributed by atoms with Crippen molar-refractivity contribution in [2.75, 3.05) is 38.3 Å². The minimum absolute atomic E-state index is 0.318. The maximum Gasteiger partial charge on any atom is 0.206 e. The molecule has 19 heavy (non-hydrogen) atoms. The molecule has 1 N–H and O–H groups in total. The average Bonchev–Trinajstić information content (AvgIpc) is 2.83. The molecule has 0 spiro atoms. The predicted molar refractivity (Wildman–Crippen MR) is 77.9 cm³/mol. The molecule has 1 unspecified atom stereocenters. The molecule has 2 heterocycles. The van der Waals surface area contributed by atoms with E-state index in [9.17, 15) is 0 Å². The van der Waals surface area contributed by atoms with Crippen molar-refractivity contribution in [3.05, 3.63) is 11.9 Å². The van der Waals surface area contributed by atoms with Crippen LogP contribution in [0, 0.1) is 0 Å². The van der Waals surface area contributed by atoms with Gasteiger partial charge in [0.25, 0.3) is 0 Å². The predicted octanol–water partition coefficient (Wildman–Crippen LogP) is 1.45. The molecule has 5 nitrogen and oxygen atoms in total. The number of nitrogens with one attached hydrogen (secondary N) is 1. The molecule has 5 heteroatoms. The molecule has 0 amide bonds. The Morgan fingerprint density at radius 3 is 3.00 bits per heavy atom. The van der Waals surface area contributed by atoms with Crippen LogP contribution >= 0.6 is 0 Å². The number of ether oxygens (including phenoxy) is 1. The lowest BCUT2D eigenvalue weighted by atomic mass is 10.2. The van der Waals surface area contributed by atoms with Gasteiger partial charge in [-0.05, 0) is 20.3 Å². The fourth-order valence-corrected chi connectivity index (χ4v) is 2.60. The molecule has 0 radical (unpaired) electrons. The van der Waals surface area contributed by atoms with Crippen molar-refractivity contribution >= 4 is 5.95 Å². The number of aromatic nitrogens is 2. The van der Waals surface area contributed by atoms with Crippen LogP contribution in [-0.2, 0) is 11.2 Å². The van der Waals surface area contributed by atoms with Gasteiger partial charge in [0.15, 0.2) is 0 Å². The molecule has 1 aliphatic rings. The molecule has 1 aliphatic heterocycles. The van der Waals surface area contributed by atoms with Crippen LogP contribution in [0.3, 0.4) is 0 Å². The van der Waals surface area contributed by atoms with E-state index in [-0.39, 0.29) is 0 Å². The van der Waals surface area contributed by atoms with E-state index in [1.165, 1.54) is 0 Å². The SMILES string of the molecule is CCc1cn(C(C)COC)c(N2CCN[C@H](C)C2)n1. The van der Waals surface area contributed by atoms with Gasteiger partial charge in [0.2, 0.25) is 5.95 Å². The summed E-state index contributed by atoms with van der Waals surface area (Å²) in [7, 11) is 1.75. The van der Waals surface area contributed by atoms with Crippen LogP contribution in [0.2, 0.25) is 0 Å². The first kappa shape index (κ1) is 14.3. The number of aryl methyl sites for hydroxylation is 1. The summed E-state index contributed by atoms with van der Waals surface area (Å²) < 4.78 is 7.55. The standard InChI is InChI=1S/C14H26N4O/c1-5-13-9-18(12(3)10-19-4)14(16-13)17-7-6-15-11(2)8-17/h9,11-12,15H,5-8,10H2,1-4H3/t11-,12?/m1/s1. The Hall–Kier alpha value is -1.07. The second-order valence-corrected chi connectivity index (χ2v) is 5.40. The van der Waals surface area contributed by atoms with Gasteiger partial charge in [-0.3, -0.25) is 0 Å². The molecular weight excluding hydrogens is 240 g/mol. The molecule has 1 aromatic heterocycles. The molecule has 2 rings (SSSR count). The van der Waals surface area contributed by atoms with Crippen LogP contribution in [0.4, 0.5) is 5.95 Å². The van der Waals surface area contributed by atoms with Crippen molar-refractivity contribution < 1.29 is 4.74 Å². The van der Waals surface area contributed by atoms with Crippen molar-refractivity contribution in [3.8, 4) is 0 Å². The third-order valence-electron chi connectivity index (χ3n) is 3.66. The molecule has 0 saturated carbocycles. The first-order chi connectivity index (χ1) is 9.15. The van der Waals surface area contributed by atoms with Gasteiger partial charge in [0.05, 0.1) is 18.3 Å². The molecule has 0 aliphatic carbocycles. The number of nitrogens with zero attached hydrogens (tertiary/aromatic N) is 3. The summed E-state index contributed by atoms with van der Waals surface area (Å²) in [5.74, 6) is 1.09. The molecule has 0 bridgehead atoms. The Labute approximate surface area is 116 Å². The van der Waals surface area contributed by atoms with E-state index in [0.29, 0.717) is 18.7 Å². The van der Waals surface area contributed by atoms with Crippen molar-refractivity contribution in [3.63, 3.8) is 0 Å². The van der Waals surface area contributed by atoms with Gasteiger partial charge in [-0.15, -0.1) is 0 Å². The van der Waals surface area contributed by atoms with E-state index in [2.05, 4.69) is 41.8 Å². The molecule has 1 fully saturated rings. The summed E-state index contributed by atoms with van der Waals surface area (Å²) in [6.45, 7) is 10.3. The summed E-state index contributed by atoms with van der Waals surface area (Å²) in [6, 6.07) is 0.833. The largest absolute Gasteiger partial charge is 0.383 e. The van der Waals surface area contributed by atoms with Crippen LogP contribution in [0.25, 0.3) is 0 Å². The smallest absolute Gasteiger partial charge is 0.206 e. The third-order valence-corrected chi connectivity index (χ3v) is 3.66. The monoisotopic (exact) mass is 266 g/mol. The lowest BCUT2D eigenvalue weighted by Crippen LogP contribution is -2.50. The zero-order valence-corrected chi connectivity index (χ0v) is 12.5.